The summed E-state index contributed by atoms with van der Waals surface area (Å²) in [4.78, 5) is 15.1. The number of ketones is 1. The molecule has 0 spiro atoms. The van der Waals surface area contributed by atoms with Crippen LogP contribution in [0.3, 0.4) is 0 Å². The fourth-order valence-electron chi connectivity index (χ4n) is 3.90. The molecule has 0 N–H and O–H groups in total. The highest BCUT2D eigenvalue weighted by molar-refractivity contribution is 6.76. The molecule has 2 unspecified atom stereocenters. The van der Waals surface area contributed by atoms with Crippen LogP contribution in [0.25, 0.3) is 0 Å². The normalized spacial score (nSPS) is 27.1. The quantitative estimate of drug-likeness (QED) is 0.778. The molecule has 20 heavy (non-hydrogen) atoms. The van der Waals surface area contributed by atoms with Gasteiger partial charge >= 0.3 is 0 Å². The second-order valence-electron chi connectivity index (χ2n) is 7.53. The molecular weight excluding hydrogens is 262 g/mol. The van der Waals surface area contributed by atoms with Crippen LogP contribution in [0, 0.1) is 0 Å². The average molecular weight is 287 g/mol. The number of Topliss-reactive ketones (excluding diaryl/α,β-unsaturated/α-hetero) is 1. The van der Waals surface area contributed by atoms with E-state index < -0.39 is 8.07 Å². The number of hydrogen-bond acceptors (Lipinski definition) is 2. The van der Waals surface area contributed by atoms with E-state index in [4.69, 9.17) is 0 Å². The summed E-state index contributed by atoms with van der Waals surface area (Å²) < 4.78 is 0. The van der Waals surface area contributed by atoms with Gasteiger partial charge in [-0.15, -0.1) is 0 Å². The lowest BCUT2D eigenvalue weighted by Crippen LogP contribution is -2.46. The monoisotopic (exact) mass is 287 g/mol. The zero-order valence-electron chi connectivity index (χ0n) is 12.9. The fraction of sp³-hybridized carbons (Fsp3) is 0.588. The number of carbonyl (C=O) groups is 1. The third kappa shape index (κ3) is 2.61. The number of fused-ring (bicyclic) bond motifs is 3. The molecule has 3 rings (SSSR count). The fourth-order valence-corrected chi connectivity index (χ4v) is 5.51. The summed E-state index contributed by atoms with van der Waals surface area (Å²) in [5.74, 6) is 0.606. The van der Waals surface area contributed by atoms with Gasteiger partial charge in [-0.25, -0.2) is 0 Å². The van der Waals surface area contributed by atoms with Crippen molar-refractivity contribution in [2.24, 2.45) is 0 Å². The van der Waals surface area contributed by atoms with E-state index in [1.165, 1.54) is 17.3 Å². The van der Waals surface area contributed by atoms with Gasteiger partial charge in [0.25, 0.3) is 0 Å². The number of benzene rings is 1. The third-order valence-corrected chi connectivity index (χ3v) is 5.98. The van der Waals surface area contributed by atoms with E-state index in [1.54, 1.807) is 0 Å². The van der Waals surface area contributed by atoms with Crippen molar-refractivity contribution < 1.29 is 4.79 Å². The van der Waals surface area contributed by atoms with Crippen molar-refractivity contribution in [2.45, 2.75) is 50.9 Å². The van der Waals surface area contributed by atoms with E-state index in [9.17, 15) is 4.79 Å². The molecule has 0 radical (unpaired) electrons. The second-order valence-corrected chi connectivity index (χ2v) is 13.0. The predicted molar refractivity (Wildman–Crippen MR) is 85.8 cm³/mol. The average Bonchev–Trinajstić information content (AvgIpc) is 2.68. The molecule has 108 valence electrons. The molecule has 3 heteroatoms. The van der Waals surface area contributed by atoms with Crippen LogP contribution in [0.15, 0.2) is 24.3 Å². The van der Waals surface area contributed by atoms with Crippen molar-refractivity contribution in [1.29, 1.82) is 0 Å². The van der Waals surface area contributed by atoms with Crippen LogP contribution in [-0.2, 0) is 11.2 Å². The molecule has 0 aromatic heterocycles. The van der Waals surface area contributed by atoms with Crippen LogP contribution in [0.4, 0.5) is 0 Å². The minimum absolute atomic E-state index is 0.144. The zero-order valence-corrected chi connectivity index (χ0v) is 13.9. The number of nitrogens with zero attached hydrogens (tertiary/aromatic N) is 1. The Kier molecular flexibility index (Phi) is 3.59. The standard InChI is InChI=1S/C17H25NOSi/c1-20(2,3)12-18-11-10-13-6-4-5-7-14(13)17-15(18)8-9-16(17)19/h4-7,15,17H,8-12H2,1-3H3. The van der Waals surface area contributed by atoms with Gasteiger partial charge < -0.3 is 4.90 Å². The van der Waals surface area contributed by atoms with Gasteiger partial charge in [-0.2, -0.15) is 0 Å². The second kappa shape index (κ2) is 5.12. The maximum Gasteiger partial charge on any atom is 0.141 e. The van der Waals surface area contributed by atoms with Crippen LogP contribution in [-0.4, -0.2) is 37.5 Å². The van der Waals surface area contributed by atoms with Gasteiger partial charge in [-0.1, -0.05) is 43.9 Å². The van der Waals surface area contributed by atoms with Crippen molar-refractivity contribution in [1.82, 2.24) is 4.90 Å². The topological polar surface area (TPSA) is 20.3 Å². The lowest BCUT2D eigenvalue weighted by atomic mass is 9.90. The summed E-state index contributed by atoms with van der Waals surface area (Å²) in [6, 6.07) is 9.07. The summed E-state index contributed by atoms with van der Waals surface area (Å²) >= 11 is 0. The van der Waals surface area contributed by atoms with Crippen molar-refractivity contribution in [3.8, 4) is 0 Å². The van der Waals surface area contributed by atoms with E-state index >= 15 is 0 Å². The smallest absolute Gasteiger partial charge is 0.141 e. The van der Waals surface area contributed by atoms with Gasteiger partial charge in [-0.05, 0) is 30.1 Å². The largest absolute Gasteiger partial charge is 0.302 e. The van der Waals surface area contributed by atoms with Crippen LogP contribution in [0.5, 0.6) is 0 Å². The molecule has 1 heterocycles. The van der Waals surface area contributed by atoms with Gasteiger partial charge in [0.2, 0.25) is 0 Å². The van der Waals surface area contributed by atoms with Gasteiger partial charge in [0.05, 0.1) is 14.0 Å². The Balaban J connectivity index is 1.96. The van der Waals surface area contributed by atoms with Crippen molar-refractivity contribution in [2.75, 3.05) is 12.7 Å². The minimum atomic E-state index is -1.14. The molecule has 0 bridgehead atoms. The van der Waals surface area contributed by atoms with Crippen molar-refractivity contribution >= 4 is 13.9 Å². The summed E-state index contributed by atoms with van der Waals surface area (Å²) in [5.41, 5.74) is 2.72. The lowest BCUT2D eigenvalue weighted by Gasteiger charge is -2.34. The highest BCUT2D eigenvalue weighted by atomic mass is 28.3. The van der Waals surface area contributed by atoms with Gasteiger partial charge in [0.15, 0.2) is 0 Å². The van der Waals surface area contributed by atoms with Gasteiger partial charge in [-0.3, -0.25) is 4.79 Å². The van der Waals surface area contributed by atoms with Crippen molar-refractivity contribution in [3.63, 3.8) is 0 Å². The van der Waals surface area contributed by atoms with E-state index in [-0.39, 0.29) is 5.92 Å². The van der Waals surface area contributed by atoms with E-state index in [2.05, 4.69) is 48.8 Å². The first-order valence-electron chi connectivity index (χ1n) is 7.80. The first-order chi connectivity index (χ1) is 9.46. The number of carbonyl (C=O) groups excluding carboxylic acids is 1. The Morgan fingerprint density at radius 2 is 1.95 bits per heavy atom. The molecule has 1 aromatic rings. The van der Waals surface area contributed by atoms with Crippen LogP contribution in [0.2, 0.25) is 19.6 Å². The summed E-state index contributed by atoms with van der Waals surface area (Å²) in [6.45, 7) is 8.40. The SMILES string of the molecule is C[Si](C)(C)CN1CCc2ccccc2C2C(=O)CCC21. The molecular formula is C17H25NOSi. The first kappa shape index (κ1) is 14.0. The zero-order chi connectivity index (χ0) is 14.3. The Hall–Kier alpha value is -0.933. The van der Waals surface area contributed by atoms with E-state index in [1.807, 2.05) is 0 Å². The summed E-state index contributed by atoms with van der Waals surface area (Å²) in [7, 11) is -1.14. The third-order valence-electron chi connectivity index (χ3n) is 4.62. The maximum atomic E-state index is 12.4. The summed E-state index contributed by atoms with van der Waals surface area (Å²) in [6.07, 6.45) is 4.14. The molecule has 2 aliphatic rings. The number of hydrogen-bond donors (Lipinski definition) is 0. The van der Waals surface area contributed by atoms with Gasteiger partial charge in [0, 0.05) is 19.0 Å². The van der Waals surface area contributed by atoms with Crippen LogP contribution < -0.4 is 0 Å². The molecule has 0 amide bonds. The Labute approximate surface area is 123 Å². The van der Waals surface area contributed by atoms with Crippen molar-refractivity contribution in [3.05, 3.63) is 35.4 Å². The van der Waals surface area contributed by atoms with Crippen LogP contribution >= 0.6 is 0 Å². The molecule has 0 saturated heterocycles. The van der Waals surface area contributed by atoms with E-state index in [0.29, 0.717) is 11.8 Å². The highest BCUT2D eigenvalue weighted by Crippen LogP contribution is 2.39. The molecule has 1 aromatic carbocycles. The van der Waals surface area contributed by atoms with Gasteiger partial charge in [0.1, 0.15) is 5.78 Å². The highest BCUT2D eigenvalue weighted by Gasteiger charge is 2.42. The summed E-state index contributed by atoms with van der Waals surface area (Å²) in [5, 5.41) is 0. The maximum absolute atomic E-state index is 12.4. The Morgan fingerprint density at radius 3 is 2.70 bits per heavy atom. The first-order valence-corrected chi connectivity index (χ1v) is 11.5. The van der Waals surface area contributed by atoms with Crippen LogP contribution in [0.1, 0.15) is 29.9 Å². The molecule has 2 atom stereocenters. The predicted octanol–water partition coefficient (Wildman–Crippen LogP) is 3.24. The molecule has 1 aliphatic carbocycles. The molecule has 2 nitrogen and oxygen atoms in total. The number of rotatable bonds is 2. The lowest BCUT2D eigenvalue weighted by molar-refractivity contribution is -0.119. The van der Waals surface area contributed by atoms with E-state index in [0.717, 1.165) is 25.8 Å². The molecule has 1 aliphatic heterocycles. The minimum Gasteiger partial charge on any atom is -0.302 e. The molecule has 1 fully saturated rings. The Morgan fingerprint density at radius 1 is 1.20 bits per heavy atom. The molecule has 1 saturated carbocycles. The Bertz CT molecular complexity index is 520.